The molecule has 1 fully saturated rings. The summed E-state index contributed by atoms with van der Waals surface area (Å²) in [6, 6.07) is 8.45. The van der Waals surface area contributed by atoms with Crippen molar-refractivity contribution in [2.24, 2.45) is 0 Å². The van der Waals surface area contributed by atoms with Crippen molar-refractivity contribution >= 4 is 44.4 Å². The van der Waals surface area contributed by atoms with Crippen LogP contribution in [0.2, 0.25) is 0 Å². The first-order chi connectivity index (χ1) is 13.6. The second-order valence-electron chi connectivity index (χ2n) is 6.39. The smallest absolute Gasteiger partial charge is 0.350 e. The molecule has 2 aromatic heterocycles. The fourth-order valence-electron chi connectivity index (χ4n) is 3.22. The van der Waals surface area contributed by atoms with Crippen molar-refractivity contribution < 1.29 is 14.3 Å². The Morgan fingerprint density at radius 2 is 2.11 bits per heavy atom. The average molecular weight is 414 g/mol. The number of nitrogens with zero attached hydrogens (tertiary/aromatic N) is 3. The molecular formula is C20H19N3O3S2. The van der Waals surface area contributed by atoms with Gasteiger partial charge in [0.05, 0.1) is 40.7 Å². The average Bonchev–Trinajstić information content (AvgIpc) is 3.31. The molecule has 0 atom stereocenters. The van der Waals surface area contributed by atoms with Crippen molar-refractivity contribution in [3.05, 3.63) is 34.3 Å². The number of nitriles is 1. The van der Waals surface area contributed by atoms with Gasteiger partial charge in [-0.2, -0.15) is 5.26 Å². The molecule has 1 aromatic carbocycles. The number of rotatable bonds is 4. The maximum Gasteiger partial charge on any atom is 0.350 e. The van der Waals surface area contributed by atoms with Crippen molar-refractivity contribution in [2.75, 3.05) is 37.8 Å². The molecule has 0 unspecified atom stereocenters. The Balaban J connectivity index is 1.74. The van der Waals surface area contributed by atoms with Crippen molar-refractivity contribution in [3.63, 3.8) is 0 Å². The van der Waals surface area contributed by atoms with E-state index in [1.165, 1.54) is 22.7 Å². The predicted octanol–water partition coefficient (Wildman–Crippen LogP) is 4.22. The van der Waals surface area contributed by atoms with Crippen LogP contribution in [0.4, 0.5) is 5.69 Å². The summed E-state index contributed by atoms with van der Waals surface area (Å²) < 4.78 is 11.5. The van der Waals surface area contributed by atoms with E-state index >= 15 is 0 Å². The minimum atomic E-state index is -0.336. The molecule has 4 rings (SSSR count). The van der Waals surface area contributed by atoms with Crippen LogP contribution in [0, 0.1) is 18.3 Å². The van der Waals surface area contributed by atoms with E-state index in [4.69, 9.17) is 9.47 Å². The van der Waals surface area contributed by atoms with Crippen LogP contribution < -0.4 is 4.90 Å². The minimum Gasteiger partial charge on any atom is -0.462 e. The molecule has 0 radical (unpaired) electrons. The molecular weight excluding hydrogens is 394 g/mol. The van der Waals surface area contributed by atoms with Crippen LogP contribution in [0.5, 0.6) is 0 Å². The Bertz CT molecular complexity index is 1070. The molecule has 0 N–H and O–H groups in total. The molecule has 0 amide bonds. The molecule has 3 heterocycles. The highest BCUT2D eigenvalue weighted by molar-refractivity contribution is 7.26. The van der Waals surface area contributed by atoms with E-state index < -0.39 is 0 Å². The van der Waals surface area contributed by atoms with Gasteiger partial charge in [0.1, 0.15) is 16.0 Å². The lowest BCUT2D eigenvalue weighted by Gasteiger charge is -2.29. The third-order valence-electron chi connectivity index (χ3n) is 4.57. The predicted molar refractivity (Wildman–Crippen MR) is 111 cm³/mol. The zero-order chi connectivity index (χ0) is 19.7. The topological polar surface area (TPSA) is 75.4 Å². The van der Waals surface area contributed by atoms with Gasteiger partial charge >= 0.3 is 5.97 Å². The van der Waals surface area contributed by atoms with E-state index in [1.54, 1.807) is 6.92 Å². The molecule has 0 saturated carbocycles. The highest BCUT2D eigenvalue weighted by Gasteiger charge is 2.20. The number of ether oxygens (including phenoxy) is 2. The normalized spacial score (nSPS) is 14.2. The largest absolute Gasteiger partial charge is 0.462 e. The molecule has 0 spiro atoms. The summed E-state index contributed by atoms with van der Waals surface area (Å²) in [5.41, 5.74) is 2.37. The SMILES string of the molecule is CCOC(=O)c1sc(-c2cc3cc(N4CCOCC4)cc(C#N)c3s2)nc1C. The molecule has 1 aliphatic rings. The summed E-state index contributed by atoms with van der Waals surface area (Å²) >= 11 is 2.87. The van der Waals surface area contributed by atoms with Crippen LogP contribution in [0.15, 0.2) is 18.2 Å². The van der Waals surface area contributed by atoms with Crippen LogP contribution in [0.3, 0.4) is 0 Å². The molecule has 28 heavy (non-hydrogen) atoms. The van der Waals surface area contributed by atoms with Gasteiger partial charge in [-0.15, -0.1) is 22.7 Å². The van der Waals surface area contributed by atoms with Gasteiger partial charge in [0.25, 0.3) is 0 Å². The number of thiophene rings is 1. The van der Waals surface area contributed by atoms with Gasteiger partial charge in [0.2, 0.25) is 0 Å². The quantitative estimate of drug-likeness (QED) is 0.596. The first kappa shape index (κ1) is 18.9. The fourth-order valence-corrected chi connectivity index (χ4v) is 5.33. The Labute approximate surface area is 170 Å². The van der Waals surface area contributed by atoms with Crippen molar-refractivity contribution in [2.45, 2.75) is 13.8 Å². The molecule has 1 saturated heterocycles. The number of benzene rings is 1. The lowest BCUT2D eigenvalue weighted by Crippen LogP contribution is -2.36. The summed E-state index contributed by atoms with van der Waals surface area (Å²) in [6.07, 6.45) is 0. The molecule has 0 bridgehead atoms. The summed E-state index contributed by atoms with van der Waals surface area (Å²) in [7, 11) is 0. The number of fused-ring (bicyclic) bond motifs is 1. The van der Waals surface area contributed by atoms with Crippen LogP contribution >= 0.6 is 22.7 Å². The van der Waals surface area contributed by atoms with Gasteiger partial charge in [0, 0.05) is 18.8 Å². The molecule has 144 valence electrons. The van der Waals surface area contributed by atoms with Gasteiger partial charge in [-0.25, -0.2) is 9.78 Å². The maximum atomic E-state index is 12.1. The first-order valence-electron chi connectivity index (χ1n) is 9.06. The molecule has 6 nitrogen and oxygen atoms in total. The van der Waals surface area contributed by atoms with E-state index in [1.807, 2.05) is 13.0 Å². The van der Waals surface area contributed by atoms with E-state index in [0.29, 0.717) is 36.0 Å². The van der Waals surface area contributed by atoms with Crippen LogP contribution in [-0.2, 0) is 9.47 Å². The van der Waals surface area contributed by atoms with Gasteiger partial charge in [-0.1, -0.05) is 0 Å². The molecule has 1 aliphatic heterocycles. The summed E-state index contributed by atoms with van der Waals surface area (Å²) in [4.78, 5) is 20.4. The third-order valence-corrected chi connectivity index (χ3v) is 7.06. The number of morpholine rings is 1. The lowest BCUT2D eigenvalue weighted by molar-refractivity contribution is 0.0531. The molecule has 0 aliphatic carbocycles. The second kappa shape index (κ2) is 7.87. The van der Waals surface area contributed by atoms with Crippen LogP contribution in [-0.4, -0.2) is 43.9 Å². The summed E-state index contributed by atoms with van der Waals surface area (Å²) in [6.45, 7) is 6.98. The highest BCUT2D eigenvalue weighted by Crippen LogP contribution is 2.40. The number of carbonyl (C=O) groups excluding carboxylic acids is 1. The summed E-state index contributed by atoms with van der Waals surface area (Å²) in [5, 5.41) is 11.5. The van der Waals surface area contributed by atoms with Gasteiger partial charge < -0.3 is 14.4 Å². The molecule has 8 heteroatoms. The standard InChI is InChI=1S/C20H19N3O3S2/c1-3-26-20(24)17-12(2)22-19(28-17)16-10-13-8-15(23-4-6-25-7-5-23)9-14(11-21)18(13)27-16/h8-10H,3-7H2,1-2H3. The highest BCUT2D eigenvalue weighted by atomic mass is 32.1. The number of aryl methyl sites for hydroxylation is 1. The number of carbonyl (C=O) groups is 1. The third kappa shape index (κ3) is 3.49. The van der Waals surface area contributed by atoms with Gasteiger partial charge in [0.15, 0.2) is 0 Å². The zero-order valence-electron chi connectivity index (χ0n) is 15.7. The number of hydrogen-bond donors (Lipinski definition) is 0. The monoisotopic (exact) mass is 413 g/mol. The van der Waals surface area contributed by atoms with E-state index in [2.05, 4.69) is 28.1 Å². The Kier molecular flexibility index (Phi) is 5.31. The first-order valence-corrected chi connectivity index (χ1v) is 10.7. The van der Waals surface area contributed by atoms with Crippen molar-refractivity contribution in [1.82, 2.24) is 4.98 Å². The number of hydrogen-bond acceptors (Lipinski definition) is 8. The zero-order valence-corrected chi connectivity index (χ0v) is 17.3. The lowest BCUT2D eigenvalue weighted by atomic mass is 10.1. The van der Waals surface area contributed by atoms with E-state index in [-0.39, 0.29) is 5.97 Å². The van der Waals surface area contributed by atoms with Crippen LogP contribution in [0.1, 0.15) is 27.9 Å². The Morgan fingerprint density at radius 3 is 2.82 bits per heavy atom. The number of thiazole rings is 1. The Morgan fingerprint density at radius 1 is 1.32 bits per heavy atom. The van der Waals surface area contributed by atoms with E-state index in [0.717, 1.165) is 38.7 Å². The van der Waals surface area contributed by atoms with Crippen molar-refractivity contribution in [1.29, 1.82) is 5.26 Å². The maximum absolute atomic E-state index is 12.1. The minimum absolute atomic E-state index is 0.336. The van der Waals surface area contributed by atoms with Gasteiger partial charge in [-0.3, -0.25) is 0 Å². The number of anilines is 1. The van der Waals surface area contributed by atoms with Crippen molar-refractivity contribution in [3.8, 4) is 16.0 Å². The van der Waals surface area contributed by atoms with Gasteiger partial charge in [-0.05, 0) is 37.4 Å². The number of esters is 1. The molecule has 3 aromatic rings. The number of aromatic nitrogens is 1. The second-order valence-corrected chi connectivity index (χ2v) is 8.44. The fraction of sp³-hybridized carbons (Fsp3) is 0.350. The Hall–Kier alpha value is -2.47. The summed E-state index contributed by atoms with van der Waals surface area (Å²) in [5.74, 6) is -0.336. The van der Waals surface area contributed by atoms with E-state index in [9.17, 15) is 10.1 Å². The van der Waals surface area contributed by atoms with Crippen LogP contribution in [0.25, 0.3) is 20.0 Å².